The molecule has 1 aliphatic rings. The normalized spacial score (nSPS) is 17.6. The van der Waals surface area contributed by atoms with E-state index in [9.17, 15) is 0 Å². The van der Waals surface area contributed by atoms with Gasteiger partial charge in [-0.3, -0.25) is 0 Å². The number of rotatable bonds is 3. The van der Waals surface area contributed by atoms with Gasteiger partial charge in [0, 0.05) is 25.0 Å². The lowest BCUT2D eigenvalue weighted by Gasteiger charge is -2.22. The van der Waals surface area contributed by atoms with Gasteiger partial charge >= 0.3 is 0 Å². The van der Waals surface area contributed by atoms with E-state index in [1.165, 1.54) is 0 Å². The fraction of sp³-hybridized carbons (Fsp3) is 0.600. The van der Waals surface area contributed by atoms with Gasteiger partial charge in [0.1, 0.15) is 5.15 Å². The topological polar surface area (TPSA) is 44.2 Å². The Morgan fingerprint density at radius 2 is 2.12 bits per heavy atom. The van der Waals surface area contributed by atoms with E-state index in [0.29, 0.717) is 11.8 Å². The number of nitrogens with zero attached hydrogens (tertiary/aromatic N) is 2. The second-order valence-electron chi connectivity index (χ2n) is 3.58. The van der Waals surface area contributed by atoms with E-state index in [1.54, 1.807) is 6.20 Å². The van der Waals surface area contributed by atoms with Crippen LogP contribution >= 0.6 is 23.2 Å². The zero-order valence-corrected chi connectivity index (χ0v) is 10.2. The first-order valence-corrected chi connectivity index (χ1v) is 5.87. The summed E-state index contributed by atoms with van der Waals surface area (Å²) in [5.41, 5.74) is 0.762. The van der Waals surface area contributed by atoms with E-state index in [2.05, 4.69) is 9.97 Å². The van der Waals surface area contributed by atoms with Gasteiger partial charge in [-0.25, -0.2) is 9.97 Å². The summed E-state index contributed by atoms with van der Waals surface area (Å²) in [5.74, 6) is 0. The highest BCUT2D eigenvalue weighted by Crippen LogP contribution is 2.18. The van der Waals surface area contributed by atoms with Gasteiger partial charge in [0.05, 0.1) is 12.7 Å². The Labute approximate surface area is 104 Å². The van der Waals surface area contributed by atoms with Crippen LogP contribution in [0.2, 0.25) is 10.4 Å². The molecule has 0 saturated carbocycles. The maximum absolute atomic E-state index is 5.91. The monoisotopic (exact) mass is 262 g/mol. The van der Waals surface area contributed by atoms with Crippen molar-refractivity contribution in [2.75, 3.05) is 13.2 Å². The molecule has 2 rings (SSSR count). The van der Waals surface area contributed by atoms with Crippen molar-refractivity contribution in [3.8, 4) is 0 Å². The van der Waals surface area contributed by atoms with Crippen molar-refractivity contribution in [1.29, 1.82) is 0 Å². The van der Waals surface area contributed by atoms with Crippen LogP contribution in [0.1, 0.15) is 18.4 Å². The van der Waals surface area contributed by atoms with Gasteiger partial charge in [-0.15, -0.1) is 0 Å². The lowest BCUT2D eigenvalue weighted by atomic mass is 10.1. The molecular formula is C10H12Cl2N2O2. The molecule has 6 heteroatoms. The minimum atomic E-state index is 0.153. The van der Waals surface area contributed by atoms with E-state index in [4.69, 9.17) is 32.7 Å². The van der Waals surface area contributed by atoms with Crippen molar-refractivity contribution in [3.63, 3.8) is 0 Å². The molecule has 1 fully saturated rings. The van der Waals surface area contributed by atoms with Crippen LogP contribution < -0.4 is 0 Å². The third-order valence-electron chi connectivity index (χ3n) is 2.43. The Balaban J connectivity index is 1.88. The first kappa shape index (κ1) is 12.0. The van der Waals surface area contributed by atoms with E-state index in [-0.39, 0.29) is 11.4 Å². The highest BCUT2D eigenvalue weighted by atomic mass is 35.5. The van der Waals surface area contributed by atoms with Crippen LogP contribution in [0.15, 0.2) is 6.20 Å². The molecule has 0 unspecified atom stereocenters. The Hall–Kier alpha value is -0.420. The van der Waals surface area contributed by atoms with Crippen molar-refractivity contribution >= 4 is 23.2 Å². The summed E-state index contributed by atoms with van der Waals surface area (Å²) in [6.45, 7) is 1.94. The lowest BCUT2D eigenvalue weighted by Crippen LogP contribution is -2.23. The summed E-state index contributed by atoms with van der Waals surface area (Å²) in [5, 5.41) is 0.506. The summed E-state index contributed by atoms with van der Waals surface area (Å²) in [6, 6.07) is 0. The molecule has 1 aliphatic heterocycles. The molecule has 1 saturated heterocycles. The second kappa shape index (κ2) is 5.77. The van der Waals surface area contributed by atoms with Crippen LogP contribution in [-0.4, -0.2) is 29.3 Å². The molecule has 1 aromatic rings. The predicted molar refractivity (Wildman–Crippen MR) is 60.7 cm³/mol. The minimum Gasteiger partial charge on any atom is -0.381 e. The average Bonchev–Trinajstić information content (AvgIpc) is 2.29. The van der Waals surface area contributed by atoms with Crippen LogP contribution in [0.3, 0.4) is 0 Å². The molecule has 4 nitrogen and oxygen atoms in total. The molecule has 0 radical (unpaired) electrons. The van der Waals surface area contributed by atoms with E-state index >= 15 is 0 Å². The standard InChI is InChI=1S/C10H12Cl2N2O2/c11-9-7(5-13-10(12)14-9)6-16-8-1-3-15-4-2-8/h5,8H,1-4,6H2. The zero-order valence-electron chi connectivity index (χ0n) is 8.66. The Morgan fingerprint density at radius 1 is 1.38 bits per heavy atom. The summed E-state index contributed by atoms with van der Waals surface area (Å²) >= 11 is 11.5. The van der Waals surface area contributed by atoms with Gasteiger partial charge in [-0.2, -0.15) is 0 Å². The Bertz CT molecular complexity index is 357. The summed E-state index contributed by atoms with van der Waals surface area (Å²) < 4.78 is 10.9. The first-order chi connectivity index (χ1) is 7.75. The highest BCUT2D eigenvalue weighted by Gasteiger charge is 2.15. The smallest absolute Gasteiger partial charge is 0.223 e. The average molecular weight is 263 g/mol. The molecule has 0 bridgehead atoms. The second-order valence-corrected chi connectivity index (χ2v) is 4.27. The van der Waals surface area contributed by atoms with Crippen LogP contribution in [0.5, 0.6) is 0 Å². The number of halogens is 2. The number of aromatic nitrogens is 2. The summed E-state index contributed by atoms with van der Waals surface area (Å²) in [7, 11) is 0. The largest absolute Gasteiger partial charge is 0.381 e. The fourth-order valence-corrected chi connectivity index (χ4v) is 1.87. The van der Waals surface area contributed by atoms with E-state index < -0.39 is 0 Å². The summed E-state index contributed by atoms with van der Waals surface area (Å²) in [4.78, 5) is 7.72. The quantitative estimate of drug-likeness (QED) is 0.620. The van der Waals surface area contributed by atoms with Gasteiger partial charge < -0.3 is 9.47 Å². The molecule has 0 amide bonds. The van der Waals surface area contributed by atoms with Crippen molar-refractivity contribution < 1.29 is 9.47 Å². The maximum Gasteiger partial charge on any atom is 0.223 e. The predicted octanol–water partition coefficient (Wildman–Crippen LogP) is 2.48. The molecule has 0 aromatic carbocycles. The van der Waals surface area contributed by atoms with E-state index in [0.717, 1.165) is 31.6 Å². The van der Waals surface area contributed by atoms with Crippen molar-refractivity contribution in [1.82, 2.24) is 9.97 Å². The van der Waals surface area contributed by atoms with Gasteiger partial charge in [0.25, 0.3) is 0 Å². The number of hydrogen-bond acceptors (Lipinski definition) is 4. The first-order valence-electron chi connectivity index (χ1n) is 5.12. The van der Waals surface area contributed by atoms with Crippen molar-refractivity contribution in [2.45, 2.75) is 25.6 Å². The fourth-order valence-electron chi connectivity index (χ4n) is 1.51. The van der Waals surface area contributed by atoms with Gasteiger partial charge in [0.15, 0.2) is 0 Å². The van der Waals surface area contributed by atoms with Crippen LogP contribution in [0.4, 0.5) is 0 Å². The molecule has 1 aromatic heterocycles. The Kier molecular flexibility index (Phi) is 4.35. The number of ether oxygens (including phenoxy) is 2. The van der Waals surface area contributed by atoms with Crippen LogP contribution in [0, 0.1) is 0 Å². The minimum absolute atomic E-state index is 0.153. The SMILES string of the molecule is Clc1ncc(COC2CCOCC2)c(Cl)n1. The summed E-state index contributed by atoms with van der Waals surface area (Å²) in [6.07, 6.45) is 3.68. The molecule has 0 N–H and O–H groups in total. The van der Waals surface area contributed by atoms with Crippen LogP contribution in [0.25, 0.3) is 0 Å². The van der Waals surface area contributed by atoms with Crippen molar-refractivity contribution in [3.05, 3.63) is 22.2 Å². The zero-order chi connectivity index (χ0) is 11.4. The van der Waals surface area contributed by atoms with Crippen molar-refractivity contribution in [2.24, 2.45) is 0 Å². The highest BCUT2D eigenvalue weighted by molar-refractivity contribution is 6.32. The van der Waals surface area contributed by atoms with E-state index in [1.807, 2.05) is 0 Å². The molecule has 0 aliphatic carbocycles. The van der Waals surface area contributed by atoms with Gasteiger partial charge in [-0.1, -0.05) is 11.6 Å². The molecule has 0 spiro atoms. The molecule has 88 valence electrons. The third kappa shape index (κ3) is 3.28. The van der Waals surface area contributed by atoms with Gasteiger partial charge in [-0.05, 0) is 24.4 Å². The van der Waals surface area contributed by atoms with Gasteiger partial charge in [0.2, 0.25) is 5.28 Å². The molecule has 2 heterocycles. The molecule has 16 heavy (non-hydrogen) atoms. The third-order valence-corrected chi connectivity index (χ3v) is 2.93. The lowest BCUT2D eigenvalue weighted by molar-refractivity contribution is -0.0391. The van der Waals surface area contributed by atoms with Crippen LogP contribution in [-0.2, 0) is 16.1 Å². The number of hydrogen-bond donors (Lipinski definition) is 0. The maximum atomic E-state index is 5.91. The Morgan fingerprint density at radius 3 is 2.81 bits per heavy atom. The molecular weight excluding hydrogens is 251 g/mol. The molecule has 0 atom stereocenters.